The van der Waals surface area contributed by atoms with Crippen molar-refractivity contribution in [1.29, 1.82) is 0 Å². The summed E-state index contributed by atoms with van der Waals surface area (Å²) in [5.74, 6) is -0.573. The largest absolute Gasteiger partial charge is 0.408 e. The molecule has 6 heteroatoms. The van der Waals surface area contributed by atoms with Crippen LogP contribution in [0.25, 0.3) is 0 Å². The Hall–Kier alpha value is -1.04. The van der Waals surface area contributed by atoms with Gasteiger partial charge in [-0.05, 0) is 25.7 Å². The summed E-state index contributed by atoms with van der Waals surface area (Å²) in [4.78, 5) is 12.9. The van der Waals surface area contributed by atoms with Crippen LogP contribution in [0, 0.1) is 0 Å². The number of rotatable bonds is 3. The highest BCUT2D eigenvalue weighted by Gasteiger charge is 2.47. The molecule has 2 atom stereocenters. The summed E-state index contributed by atoms with van der Waals surface area (Å²) in [6.45, 7) is 3.73. The summed E-state index contributed by atoms with van der Waals surface area (Å²) < 4.78 is 38.8. The van der Waals surface area contributed by atoms with Crippen LogP contribution >= 0.6 is 0 Å². The maximum atomic E-state index is 12.9. The van der Waals surface area contributed by atoms with Crippen LogP contribution in [0.15, 0.2) is 11.6 Å². The second-order valence-electron chi connectivity index (χ2n) is 4.90. The molecule has 19 heavy (non-hydrogen) atoms. The molecule has 1 saturated heterocycles. The van der Waals surface area contributed by atoms with Crippen molar-refractivity contribution in [2.45, 2.75) is 57.8 Å². The van der Waals surface area contributed by atoms with Gasteiger partial charge >= 0.3 is 6.18 Å². The molecule has 1 aliphatic rings. The molecule has 1 amide bonds. The number of likely N-dealkylation sites (tertiary alicyclic amines) is 1. The van der Waals surface area contributed by atoms with Crippen molar-refractivity contribution in [2.24, 2.45) is 5.73 Å². The topological polar surface area (TPSA) is 46.3 Å². The van der Waals surface area contributed by atoms with Gasteiger partial charge in [0, 0.05) is 18.7 Å². The van der Waals surface area contributed by atoms with Crippen molar-refractivity contribution >= 4 is 5.91 Å². The molecule has 0 spiro atoms. The van der Waals surface area contributed by atoms with E-state index in [0.29, 0.717) is 19.3 Å². The third kappa shape index (κ3) is 4.23. The van der Waals surface area contributed by atoms with Crippen LogP contribution in [0.3, 0.4) is 0 Å². The van der Waals surface area contributed by atoms with Crippen LogP contribution in [0.5, 0.6) is 0 Å². The van der Waals surface area contributed by atoms with Crippen molar-refractivity contribution in [3.05, 3.63) is 11.6 Å². The first-order valence-corrected chi connectivity index (χ1v) is 6.61. The standard InChI is InChI=1S/C13H21F3N2O/c1-3-9(4-2)7-12(19)18-8-10(17)5-6-11(18)13(14,15)16/h7,10-11H,3-6,8,17H2,1-2H3. The van der Waals surface area contributed by atoms with E-state index in [9.17, 15) is 18.0 Å². The van der Waals surface area contributed by atoms with Gasteiger partial charge in [-0.25, -0.2) is 0 Å². The van der Waals surface area contributed by atoms with Crippen LogP contribution < -0.4 is 5.73 Å². The monoisotopic (exact) mass is 278 g/mol. The minimum atomic E-state index is -4.39. The molecule has 1 rings (SSSR count). The molecule has 0 aromatic heterocycles. The number of nitrogens with two attached hydrogens (primary N) is 1. The second kappa shape index (κ2) is 6.41. The van der Waals surface area contributed by atoms with Gasteiger partial charge in [-0.1, -0.05) is 19.4 Å². The number of carbonyl (C=O) groups is 1. The van der Waals surface area contributed by atoms with Crippen molar-refractivity contribution in [2.75, 3.05) is 6.54 Å². The van der Waals surface area contributed by atoms with Crippen LogP contribution in [0.2, 0.25) is 0 Å². The zero-order valence-corrected chi connectivity index (χ0v) is 11.3. The average molecular weight is 278 g/mol. The van der Waals surface area contributed by atoms with Gasteiger partial charge in [0.2, 0.25) is 5.91 Å². The fourth-order valence-electron chi connectivity index (χ4n) is 2.29. The molecule has 0 aliphatic carbocycles. The highest BCUT2D eigenvalue weighted by atomic mass is 19.4. The lowest BCUT2D eigenvalue weighted by Gasteiger charge is -2.38. The van der Waals surface area contributed by atoms with Gasteiger partial charge in [0.1, 0.15) is 6.04 Å². The van der Waals surface area contributed by atoms with E-state index in [1.54, 1.807) is 0 Å². The molecular weight excluding hydrogens is 257 g/mol. The predicted molar refractivity (Wildman–Crippen MR) is 67.4 cm³/mol. The Labute approximate surface area is 111 Å². The quantitative estimate of drug-likeness (QED) is 0.807. The highest BCUT2D eigenvalue weighted by molar-refractivity contribution is 5.88. The summed E-state index contributed by atoms with van der Waals surface area (Å²) >= 11 is 0. The van der Waals surface area contributed by atoms with Crippen LogP contribution in [0.4, 0.5) is 13.2 Å². The van der Waals surface area contributed by atoms with E-state index >= 15 is 0 Å². The SMILES string of the molecule is CCC(=CC(=O)N1CC(N)CCC1C(F)(F)F)CC. The zero-order valence-electron chi connectivity index (χ0n) is 11.3. The summed E-state index contributed by atoms with van der Waals surface area (Å²) in [6, 6.07) is -2.08. The van der Waals surface area contributed by atoms with Gasteiger partial charge in [0.05, 0.1) is 0 Å². The average Bonchev–Trinajstić information content (AvgIpc) is 2.34. The van der Waals surface area contributed by atoms with Crippen molar-refractivity contribution in [3.63, 3.8) is 0 Å². The Balaban J connectivity index is 2.91. The van der Waals surface area contributed by atoms with Crippen molar-refractivity contribution < 1.29 is 18.0 Å². The summed E-state index contributed by atoms with van der Waals surface area (Å²) in [5, 5.41) is 0. The van der Waals surface area contributed by atoms with Gasteiger partial charge < -0.3 is 10.6 Å². The molecule has 2 N–H and O–H groups in total. The first-order chi connectivity index (χ1) is 8.79. The number of nitrogens with zero attached hydrogens (tertiary/aromatic N) is 1. The van der Waals surface area contributed by atoms with E-state index in [0.717, 1.165) is 10.5 Å². The van der Waals surface area contributed by atoms with E-state index in [4.69, 9.17) is 5.73 Å². The van der Waals surface area contributed by atoms with Gasteiger partial charge in [0.25, 0.3) is 0 Å². The molecule has 1 aliphatic heterocycles. The third-order valence-corrected chi connectivity index (χ3v) is 3.52. The van der Waals surface area contributed by atoms with Gasteiger partial charge in [-0.3, -0.25) is 4.79 Å². The molecule has 1 heterocycles. The van der Waals surface area contributed by atoms with Crippen LogP contribution in [-0.2, 0) is 4.79 Å². The summed E-state index contributed by atoms with van der Waals surface area (Å²) in [6.07, 6.45) is -1.54. The summed E-state index contributed by atoms with van der Waals surface area (Å²) in [5.41, 5.74) is 6.53. The predicted octanol–water partition coefficient (Wildman–Crippen LogP) is 2.61. The number of piperidine rings is 1. The number of allylic oxidation sites excluding steroid dienone is 1. The number of carbonyl (C=O) groups excluding carboxylic acids is 1. The smallest absolute Gasteiger partial charge is 0.326 e. The Morgan fingerprint density at radius 1 is 1.32 bits per heavy atom. The molecular formula is C13H21F3N2O. The molecule has 0 bridgehead atoms. The van der Waals surface area contributed by atoms with E-state index in [-0.39, 0.29) is 19.0 Å². The molecule has 3 nitrogen and oxygen atoms in total. The minimum Gasteiger partial charge on any atom is -0.326 e. The van der Waals surface area contributed by atoms with Crippen LogP contribution in [-0.4, -0.2) is 35.6 Å². The molecule has 0 aromatic rings. The Kier molecular flexibility index (Phi) is 5.40. The zero-order chi connectivity index (χ0) is 14.6. The second-order valence-corrected chi connectivity index (χ2v) is 4.90. The van der Waals surface area contributed by atoms with Crippen LogP contribution in [0.1, 0.15) is 39.5 Å². The molecule has 2 unspecified atom stereocenters. The van der Waals surface area contributed by atoms with E-state index in [1.807, 2.05) is 13.8 Å². The number of alkyl halides is 3. The molecule has 0 aromatic carbocycles. The summed E-state index contributed by atoms with van der Waals surface area (Å²) in [7, 11) is 0. The fraction of sp³-hybridized carbons (Fsp3) is 0.769. The fourth-order valence-corrected chi connectivity index (χ4v) is 2.29. The van der Waals surface area contributed by atoms with Crippen molar-refractivity contribution in [3.8, 4) is 0 Å². The van der Waals surface area contributed by atoms with Gasteiger partial charge in [0.15, 0.2) is 0 Å². The maximum Gasteiger partial charge on any atom is 0.408 e. The lowest BCUT2D eigenvalue weighted by Crippen LogP contribution is -2.56. The Morgan fingerprint density at radius 3 is 2.37 bits per heavy atom. The third-order valence-electron chi connectivity index (χ3n) is 3.52. The Bertz CT molecular complexity index is 346. The maximum absolute atomic E-state index is 12.9. The first-order valence-electron chi connectivity index (χ1n) is 6.61. The number of amides is 1. The molecule has 0 saturated carbocycles. The normalized spacial score (nSPS) is 24.2. The lowest BCUT2D eigenvalue weighted by molar-refractivity contribution is -0.194. The Morgan fingerprint density at radius 2 is 1.89 bits per heavy atom. The van der Waals surface area contributed by atoms with E-state index in [1.165, 1.54) is 6.08 Å². The molecule has 110 valence electrons. The van der Waals surface area contributed by atoms with Gasteiger partial charge in [-0.2, -0.15) is 13.2 Å². The molecule has 1 fully saturated rings. The minimum absolute atomic E-state index is 0.0276. The van der Waals surface area contributed by atoms with Crippen molar-refractivity contribution in [1.82, 2.24) is 4.90 Å². The highest BCUT2D eigenvalue weighted by Crippen LogP contribution is 2.32. The number of hydrogen-bond donors (Lipinski definition) is 1. The van der Waals surface area contributed by atoms with Gasteiger partial charge in [-0.15, -0.1) is 0 Å². The molecule has 0 radical (unpaired) electrons. The van der Waals surface area contributed by atoms with E-state index in [2.05, 4.69) is 0 Å². The number of halogens is 3. The first kappa shape index (κ1) is 16.0. The number of hydrogen-bond acceptors (Lipinski definition) is 2. The van der Waals surface area contributed by atoms with E-state index < -0.39 is 18.1 Å². The lowest BCUT2D eigenvalue weighted by atomic mass is 9.97.